The van der Waals surface area contributed by atoms with Gasteiger partial charge >= 0.3 is 12.2 Å². The molecule has 2 aliphatic heterocycles. The number of hydrogen-bond donors (Lipinski definition) is 4. The summed E-state index contributed by atoms with van der Waals surface area (Å²) in [6.07, 6.45) is 4.72. The van der Waals surface area contributed by atoms with E-state index in [1.165, 1.54) is 7.11 Å². The standard InChI is InChI=1S/C42H49N7O5/c1-23(2)33(47-39(51)54-6)38(50)48-19-7-8-32(48)36-43-22-31(45-36)25-11-9-24(10-12-25)26-13-15-29-27(20-26)14-16-30-34(29)46-37(44-30)35-28-17-18-42(21-28,41(3,4)5)49(35)40(52)53/h9-16,20,22-23,28,32-33,35H,7-8,17-19,21H2,1-6H3,(H,43,45)(H,44,46)(H,47,51)(H,52,53)/t28-,32?,33?,35-,42+/m0/s1. The number of piperidine rings is 1. The SMILES string of the molecule is COC(=O)NC(C(=O)N1CCCC1c1ncc(-c2ccc(-c3ccc4c(ccc5[nH]c([C@@H]6[C@H]7CC[C@](C(C)(C)C)(C7)N6C(=O)O)nc54)c3)cc2)[nH]1)C(C)C. The van der Waals surface area contributed by atoms with Crippen molar-refractivity contribution in [1.29, 1.82) is 0 Å². The van der Waals surface area contributed by atoms with E-state index in [0.29, 0.717) is 6.54 Å². The molecule has 0 radical (unpaired) electrons. The number of fused-ring (bicyclic) bond motifs is 5. The zero-order valence-corrected chi connectivity index (χ0v) is 31.8. The van der Waals surface area contributed by atoms with Crippen LogP contribution in [0.1, 0.15) is 90.5 Å². The van der Waals surface area contributed by atoms with Gasteiger partial charge < -0.3 is 30.0 Å². The molecule has 5 atom stereocenters. The number of likely N-dealkylation sites (tertiary alicyclic amines) is 2. The van der Waals surface area contributed by atoms with Crippen LogP contribution in [0.5, 0.6) is 0 Å². The molecule has 8 rings (SSSR count). The molecular formula is C42H49N7O5. The number of ether oxygens (including phenoxy) is 1. The number of hydrogen-bond acceptors (Lipinski definition) is 6. The number of H-pyrrole nitrogens is 2. The predicted octanol–water partition coefficient (Wildman–Crippen LogP) is 8.44. The van der Waals surface area contributed by atoms with Gasteiger partial charge in [0.25, 0.3) is 0 Å². The van der Waals surface area contributed by atoms with Crippen molar-refractivity contribution in [2.45, 2.75) is 90.4 Å². The fraction of sp³-hybridized carbons (Fsp3) is 0.452. The summed E-state index contributed by atoms with van der Waals surface area (Å²) in [7, 11) is 1.29. The van der Waals surface area contributed by atoms with Crippen LogP contribution in [0.2, 0.25) is 0 Å². The van der Waals surface area contributed by atoms with Gasteiger partial charge in [-0.2, -0.15) is 0 Å². The highest BCUT2D eigenvalue weighted by molar-refractivity contribution is 6.05. The second-order valence-electron chi connectivity index (χ2n) is 16.7. The lowest BCUT2D eigenvalue weighted by molar-refractivity contribution is -0.135. The van der Waals surface area contributed by atoms with Gasteiger partial charge in [0.2, 0.25) is 5.91 Å². The van der Waals surface area contributed by atoms with Gasteiger partial charge in [-0.05, 0) is 83.6 Å². The van der Waals surface area contributed by atoms with Crippen molar-refractivity contribution in [3.63, 3.8) is 0 Å². The summed E-state index contributed by atoms with van der Waals surface area (Å²) in [6.45, 7) is 10.9. The number of benzene rings is 3. The molecule has 3 aliphatic rings. The van der Waals surface area contributed by atoms with Gasteiger partial charge in [-0.3, -0.25) is 9.69 Å². The molecule has 1 aliphatic carbocycles. The van der Waals surface area contributed by atoms with E-state index in [1.54, 1.807) is 4.90 Å². The first kappa shape index (κ1) is 35.6. The van der Waals surface area contributed by atoms with Crippen molar-refractivity contribution < 1.29 is 24.2 Å². The predicted molar refractivity (Wildman–Crippen MR) is 207 cm³/mol. The van der Waals surface area contributed by atoms with Gasteiger partial charge in [0, 0.05) is 11.9 Å². The van der Waals surface area contributed by atoms with E-state index in [2.05, 4.69) is 84.6 Å². The third-order valence-electron chi connectivity index (χ3n) is 12.5. The Morgan fingerprint density at radius 1 is 0.981 bits per heavy atom. The van der Waals surface area contributed by atoms with Crippen molar-refractivity contribution in [2.24, 2.45) is 17.3 Å². The lowest BCUT2D eigenvalue weighted by atomic mass is 9.72. The number of rotatable bonds is 7. The highest BCUT2D eigenvalue weighted by Gasteiger charge is 2.64. The number of carboxylic acid groups (broad SMARTS) is 1. The fourth-order valence-corrected chi connectivity index (χ4v) is 9.55. The van der Waals surface area contributed by atoms with Crippen LogP contribution in [0.3, 0.4) is 0 Å². The lowest BCUT2D eigenvalue weighted by Gasteiger charge is -2.48. The second-order valence-corrected chi connectivity index (χ2v) is 16.7. The largest absolute Gasteiger partial charge is 0.465 e. The summed E-state index contributed by atoms with van der Waals surface area (Å²) in [5, 5.41) is 15.2. The van der Waals surface area contributed by atoms with E-state index in [-0.39, 0.29) is 40.8 Å². The molecule has 2 saturated heterocycles. The van der Waals surface area contributed by atoms with E-state index in [1.807, 2.05) is 31.0 Å². The number of aromatic amines is 2. The molecule has 1 saturated carbocycles. The van der Waals surface area contributed by atoms with Gasteiger partial charge in [0.05, 0.1) is 47.7 Å². The van der Waals surface area contributed by atoms with Crippen molar-refractivity contribution in [3.05, 3.63) is 72.4 Å². The Labute approximate surface area is 314 Å². The molecule has 54 heavy (non-hydrogen) atoms. The van der Waals surface area contributed by atoms with Crippen molar-refractivity contribution in [2.75, 3.05) is 13.7 Å². The molecule has 2 aromatic heterocycles. The zero-order valence-electron chi connectivity index (χ0n) is 31.8. The minimum absolute atomic E-state index is 0.101. The molecule has 2 unspecified atom stereocenters. The van der Waals surface area contributed by atoms with Crippen molar-refractivity contribution in [3.8, 4) is 22.4 Å². The van der Waals surface area contributed by atoms with E-state index < -0.39 is 18.2 Å². The number of carbonyl (C=O) groups is 3. The summed E-state index contributed by atoms with van der Waals surface area (Å²) in [5.74, 6) is 1.47. The van der Waals surface area contributed by atoms with Crippen molar-refractivity contribution in [1.82, 2.24) is 35.1 Å². The summed E-state index contributed by atoms with van der Waals surface area (Å²) in [5.41, 5.74) is 5.20. The van der Waals surface area contributed by atoms with Crippen LogP contribution in [0.25, 0.3) is 44.2 Å². The highest BCUT2D eigenvalue weighted by Crippen LogP contribution is 2.62. The number of aromatic nitrogens is 4. The molecule has 4 N–H and O–H groups in total. The van der Waals surface area contributed by atoms with Crippen LogP contribution >= 0.6 is 0 Å². The van der Waals surface area contributed by atoms with Crippen molar-refractivity contribution >= 4 is 39.9 Å². The molecule has 3 fully saturated rings. The summed E-state index contributed by atoms with van der Waals surface area (Å²) in [4.78, 5) is 58.6. The summed E-state index contributed by atoms with van der Waals surface area (Å²) >= 11 is 0. The Hall–Kier alpha value is -5.39. The quantitative estimate of drug-likeness (QED) is 0.131. The van der Waals surface area contributed by atoms with Gasteiger partial charge in [0.15, 0.2) is 0 Å². The fourth-order valence-electron chi connectivity index (χ4n) is 9.55. The Morgan fingerprint density at radius 2 is 1.72 bits per heavy atom. The first-order chi connectivity index (χ1) is 25.8. The normalized spacial score (nSPS) is 23.1. The van der Waals surface area contributed by atoms with Crippen LogP contribution in [-0.2, 0) is 9.53 Å². The molecule has 0 spiro atoms. The van der Waals surface area contributed by atoms with Gasteiger partial charge in [-0.15, -0.1) is 0 Å². The third-order valence-corrected chi connectivity index (χ3v) is 12.5. The molecule has 12 heteroatoms. The van der Waals surface area contributed by atoms with Crippen LogP contribution in [0, 0.1) is 17.3 Å². The molecule has 2 bridgehead atoms. The number of alkyl carbamates (subject to hydrolysis) is 1. The average Bonchev–Trinajstić information content (AvgIpc) is 3.99. The molecule has 12 nitrogen and oxygen atoms in total. The minimum Gasteiger partial charge on any atom is -0.465 e. The molecule has 3 amide bonds. The summed E-state index contributed by atoms with van der Waals surface area (Å²) in [6, 6.07) is 17.7. The molecule has 5 aromatic rings. The van der Waals surface area contributed by atoms with Gasteiger partial charge in [0.1, 0.15) is 17.7 Å². The maximum atomic E-state index is 13.6. The van der Waals surface area contributed by atoms with E-state index in [4.69, 9.17) is 14.7 Å². The highest BCUT2D eigenvalue weighted by atomic mass is 16.5. The zero-order chi connectivity index (χ0) is 38.1. The number of imidazole rings is 2. The van der Waals surface area contributed by atoms with Gasteiger partial charge in [-0.25, -0.2) is 19.6 Å². The van der Waals surface area contributed by atoms with Crippen LogP contribution in [-0.4, -0.2) is 78.2 Å². The average molecular weight is 732 g/mol. The molecular weight excluding hydrogens is 683 g/mol. The van der Waals surface area contributed by atoms with E-state index >= 15 is 0 Å². The topological polar surface area (TPSA) is 157 Å². The number of methoxy groups -OCH3 is 1. The maximum absolute atomic E-state index is 13.6. The lowest BCUT2D eigenvalue weighted by Crippen LogP contribution is -2.56. The monoisotopic (exact) mass is 731 g/mol. The van der Waals surface area contributed by atoms with Crippen LogP contribution in [0.15, 0.2) is 60.8 Å². The number of carbonyl (C=O) groups excluding carboxylic acids is 2. The Morgan fingerprint density at radius 3 is 2.43 bits per heavy atom. The maximum Gasteiger partial charge on any atom is 0.408 e. The number of amides is 3. The minimum atomic E-state index is -0.871. The third kappa shape index (κ3) is 5.77. The molecule has 3 aromatic carbocycles. The smallest absolute Gasteiger partial charge is 0.408 e. The molecule has 282 valence electrons. The van der Waals surface area contributed by atoms with Gasteiger partial charge in [-0.1, -0.05) is 77.1 Å². The van der Waals surface area contributed by atoms with E-state index in [0.717, 1.165) is 87.9 Å². The van der Waals surface area contributed by atoms with Crippen LogP contribution in [0.4, 0.5) is 9.59 Å². The first-order valence-corrected chi connectivity index (χ1v) is 19.0. The number of nitrogens with one attached hydrogen (secondary N) is 3. The summed E-state index contributed by atoms with van der Waals surface area (Å²) < 4.78 is 4.76. The Bertz CT molecular complexity index is 2250. The Kier molecular flexibility index (Phi) is 8.69. The first-order valence-electron chi connectivity index (χ1n) is 19.0. The van der Waals surface area contributed by atoms with Crippen LogP contribution < -0.4 is 5.32 Å². The molecule has 4 heterocycles. The Balaban J connectivity index is 1.01. The van der Waals surface area contributed by atoms with E-state index in [9.17, 15) is 19.5 Å². The second kappa shape index (κ2) is 13.2. The number of nitrogens with zero attached hydrogens (tertiary/aromatic N) is 4.